The van der Waals surface area contributed by atoms with E-state index in [1.165, 1.54) is 10.5 Å². The Bertz CT molecular complexity index is 927. The summed E-state index contributed by atoms with van der Waals surface area (Å²) in [7, 11) is 0. The zero-order chi connectivity index (χ0) is 22.3. The Labute approximate surface area is 189 Å². The lowest BCUT2D eigenvalue weighted by Gasteiger charge is -2.32. The van der Waals surface area contributed by atoms with E-state index in [1.807, 2.05) is 17.0 Å². The normalized spacial score (nSPS) is 21.0. The van der Waals surface area contributed by atoms with Crippen LogP contribution in [0, 0.1) is 11.8 Å². The highest BCUT2D eigenvalue weighted by atomic mass is 16.2. The number of piperidine rings is 1. The Balaban J connectivity index is 1.13. The maximum atomic E-state index is 12.6. The monoisotopic (exact) mass is 433 g/mol. The van der Waals surface area contributed by atoms with Crippen molar-refractivity contribution in [1.29, 1.82) is 0 Å². The van der Waals surface area contributed by atoms with Gasteiger partial charge in [-0.1, -0.05) is 55.0 Å². The number of likely N-dealkylation sites (tertiary alicyclic amines) is 1. The van der Waals surface area contributed by atoms with Crippen LogP contribution in [0.5, 0.6) is 0 Å². The number of allylic oxidation sites excluding steroid dienone is 3. The van der Waals surface area contributed by atoms with Gasteiger partial charge in [0.2, 0.25) is 11.8 Å². The minimum Gasteiger partial charge on any atom is -0.343 e. The van der Waals surface area contributed by atoms with Crippen LogP contribution in [0.25, 0.3) is 0 Å². The first kappa shape index (κ1) is 22.2. The molecule has 0 saturated carbocycles. The van der Waals surface area contributed by atoms with Crippen molar-refractivity contribution < 1.29 is 14.4 Å². The van der Waals surface area contributed by atoms with Crippen LogP contribution in [-0.4, -0.2) is 53.0 Å². The van der Waals surface area contributed by atoms with Crippen molar-refractivity contribution >= 4 is 23.6 Å². The zero-order valence-corrected chi connectivity index (χ0v) is 18.5. The smallest absolute Gasteiger partial charge is 0.343 e. The zero-order valence-electron chi connectivity index (χ0n) is 18.5. The van der Waals surface area contributed by atoms with E-state index < -0.39 is 11.9 Å². The molecular weight excluding hydrogens is 402 g/mol. The summed E-state index contributed by atoms with van der Waals surface area (Å²) >= 11 is 0. The summed E-state index contributed by atoms with van der Waals surface area (Å²) < 4.78 is 0. The van der Waals surface area contributed by atoms with Gasteiger partial charge in [-0.3, -0.25) is 14.5 Å². The van der Waals surface area contributed by atoms with Gasteiger partial charge < -0.3 is 4.90 Å². The number of fused-ring (bicyclic) bond motifs is 1. The third-order valence-corrected chi connectivity index (χ3v) is 6.59. The lowest BCUT2D eigenvalue weighted by molar-refractivity contribution is -0.133. The number of hydrogen-bond acceptors (Lipinski definition) is 3. The summed E-state index contributed by atoms with van der Waals surface area (Å²) in [6.07, 6.45) is 13.1. The minimum atomic E-state index is -0.476. The van der Waals surface area contributed by atoms with Gasteiger partial charge in [0.05, 0.1) is 11.6 Å². The highest BCUT2D eigenvalue weighted by Crippen LogP contribution is 2.23. The number of amides is 4. The van der Waals surface area contributed by atoms with Crippen molar-refractivity contribution in [2.75, 3.05) is 19.6 Å². The first-order valence-electron chi connectivity index (χ1n) is 11.7. The van der Waals surface area contributed by atoms with Gasteiger partial charge in [-0.2, -0.15) is 4.99 Å². The Morgan fingerprint density at radius 2 is 1.78 bits per heavy atom. The predicted octanol–water partition coefficient (Wildman–Crippen LogP) is 4.17. The molecule has 168 valence electrons. The average Bonchev–Trinajstić information content (AvgIpc) is 2.82. The fraction of sp³-hybridized carbons (Fsp3) is 0.462. The van der Waals surface area contributed by atoms with Crippen molar-refractivity contribution in [2.24, 2.45) is 16.8 Å². The Kier molecular flexibility index (Phi) is 7.30. The van der Waals surface area contributed by atoms with E-state index in [1.54, 1.807) is 18.2 Å². The molecule has 1 unspecified atom stereocenters. The number of carbonyl (C=O) groups excluding carboxylic acids is 3. The number of rotatable bonds is 8. The number of unbranched alkanes of at least 4 members (excludes halogenated alkanes) is 2. The molecule has 32 heavy (non-hydrogen) atoms. The molecule has 2 heterocycles. The molecule has 4 amide bonds. The largest absolute Gasteiger partial charge is 0.350 e. The first-order valence-corrected chi connectivity index (χ1v) is 11.7. The Hall–Kier alpha value is -3.02. The fourth-order valence-corrected chi connectivity index (χ4v) is 4.70. The van der Waals surface area contributed by atoms with E-state index in [0.717, 1.165) is 45.2 Å². The van der Waals surface area contributed by atoms with Crippen LogP contribution < -0.4 is 0 Å². The fourth-order valence-electron chi connectivity index (χ4n) is 4.70. The summed E-state index contributed by atoms with van der Waals surface area (Å²) in [5.74, 6) is 0.236. The number of imide groups is 1. The number of benzene rings is 1. The summed E-state index contributed by atoms with van der Waals surface area (Å²) in [6.45, 7) is 2.05. The number of nitrogens with zero attached hydrogens (tertiary/aromatic N) is 3. The molecule has 1 fully saturated rings. The van der Waals surface area contributed by atoms with Crippen molar-refractivity contribution in [1.82, 2.24) is 9.80 Å². The molecule has 0 N–H and O–H groups in total. The Morgan fingerprint density at radius 3 is 2.56 bits per heavy atom. The molecule has 6 heteroatoms. The van der Waals surface area contributed by atoms with E-state index in [0.29, 0.717) is 31.0 Å². The number of aliphatic imine (C=N–C) groups is 1. The topological polar surface area (TPSA) is 70.0 Å². The van der Waals surface area contributed by atoms with Gasteiger partial charge in [0, 0.05) is 26.1 Å². The van der Waals surface area contributed by atoms with Crippen LogP contribution in [0.15, 0.2) is 59.6 Å². The molecule has 4 rings (SSSR count). The second-order valence-electron chi connectivity index (χ2n) is 8.86. The molecule has 1 atom stereocenters. The molecule has 6 nitrogen and oxygen atoms in total. The molecule has 1 aromatic rings. The van der Waals surface area contributed by atoms with Gasteiger partial charge in [-0.25, -0.2) is 4.79 Å². The van der Waals surface area contributed by atoms with E-state index in [-0.39, 0.29) is 11.8 Å². The SMILES string of the molecule is O=C(CCCCCN1C(=O)N=C2C=CC=CC2C1=O)N1CCC(Cc2ccccc2)CC1. The second-order valence-corrected chi connectivity index (χ2v) is 8.86. The molecule has 1 aliphatic carbocycles. The number of urea groups is 1. The van der Waals surface area contributed by atoms with Gasteiger partial charge in [-0.05, 0) is 49.7 Å². The summed E-state index contributed by atoms with van der Waals surface area (Å²) in [6, 6.07) is 10.1. The van der Waals surface area contributed by atoms with Crippen molar-refractivity contribution in [3.63, 3.8) is 0 Å². The number of hydrogen-bond donors (Lipinski definition) is 0. The van der Waals surface area contributed by atoms with E-state index in [9.17, 15) is 14.4 Å². The average molecular weight is 434 g/mol. The van der Waals surface area contributed by atoms with Crippen molar-refractivity contribution in [2.45, 2.75) is 44.9 Å². The lowest BCUT2D eigenvalue weighted by atomic mass is 9.90. The molecule has 0 spiro atoms. The van der Waals surface area contributed by atoms with Gasteiger partial charge in [0.25, 0.3) is 0 Å². The van der Waals surface area contributed by atoms with Gasteiger partial charge >= 0.3 is 6.03 Å². The van der Waals surface area contributed by atoms with Crippen LogP contribution in [0.2, 0.25) is 0 Å². The molecule has 2 aliphatic heterocycles. The van der Waals surface area contributed by atoms with E-state index in [4.69, 9.17) is 0 Å². The van der Waals surface area contributed by atoms with E-state index in [2.05, 4.69) is 29.3 Å². The van der Waals surface area contributed by atoms with Crippen LogP contribution in [0.3, 0.4) is 0 Å². The highest BCUT2D eigenvalue weighted by Gasteiger charge is 2.35. The molecule has 1 saturated heterocycles. The van der Waals surface area contributed by atoms with Crippen LogP contribution in [0.4, 0.5) is 4.79 Å². The van der Waals surface area contributed by atoms with E-state index >= 15 is 0 Å². The molecule has 0 radical (unpaired) electrons. The highest BCUT2D eigenvalue weighted by molar-refractivity contribution is 6.21. The molecule has 3 aliphatic rings. The second kappa shape index (κ2) is 10.5. The van der Waals surface area contributed by atoms with Crippen molar-refractivity contribution in [3.8, 4) is 0 Å². The van der Waals surface area contributed by atoms with Gasteiger partial charge in [0.1, 0.15) is 0 Å². The predicted molar refractivity (Wildman–Crippen MR) is 124 cm³/mol. The maximum absolute atomic E-state index is 12.6. The maximum Gasteiger partial charge on any atom is 0.350 e. The first-order chi connectivity index (χ1) is 15.6. The van der Waals surface area contributed by atoms with Crippen LogP contribution in [-0.2, 0) is 16.0 Å². The molecule has 0 bridgehead atoms. The van der Waals surface area contributed by atoms with Crippen LogP contribution in [0.1, 0.15) is 44.1 Å². The summed E-state index contributed by atoms with van der Waals surface area (Å²) in [5.41, 5.74) is 1.90. The third kappa shape index (κ3) is 5.42. The quantitative estimate of drug-likeness (QED) is 0.578. The standard InChI is InChI=1S/C26H31N3O3/c30-24(28-17-14-21(15-18-28)19-20-9-3-1-4-10-20)13-5-2-8-16-29-25(31)22-11-6-7-12-23(22)27-26(29)32/h1,3-4,6-7,9-12,21-22H,2,5,8,13-19H2. The molecular formula is C26H31N3O3. The van der Waals surface area contributed by atoms with Crippen molar-refractivity contribution in [3.05, 3.63) is 60.2 Å². The van der Waals surface area contributed by atoms with Crippen LogP contribution >= 0.6 is 0 Å². The minimum absolute atomic E-state index is 0.199. The van der Waals surface area contributed by atoms with Gasteiger partial charge in [0.15, 0.2) is 0 Å². The summed E-state index contributed by atoms with van der Waals surface area (Å²) in [5, 5.41) is 0. The third-order valence-electron chi connectivity index (χ3n) is 6.59. The molecule has 0 aromatic heterocycles. The molecule has 1 aromatic carbocycles. The lowest BCUT2D eigenvalue weighted by Crippen LogP contribution is -2.46. The number of carbonyl (C=O) groups is 3. The van der Waals surface area contributed by atoms with Gasteiger partial charge in [-0.15, -0.1) is 0 Å². The Morgan fingerprint density at radius 1 is 1.00 bits per heavy atom. The summed E-state index contributed by atoms with van der Waals surface area (Å²) in [4.78, 5) is 44.6.